The van der Waals surface area contributed by atoms with E-state index in [9.17, 15) is 9.59 Å². The second kappa shape index (κ2) is 6.82. The quantitative estimate of drug-likeness (QED) is 0.887. The molecule has 25 heavy (non-hydrogen) atoms. The first kappa shape index (κ1) is 16.1. The molecule has 0 radical (unpaired) electrons. The average molecular weight is 345 g/mol. The number of hydrogen-bond acceptors (Lipinski definition) is 4. The molecule has 1 aromatic rings. The second-order valence-corrected chi connectivity index (χ2v) is 6.73. The van der Waals surface area contributed by atoms with Gasteiger partial charge in [-0.05, 0) is 31.4 Å². The van der Waals surface area contributed by atoms with Gasteiger partial charge in [0.15, 0.2) is 11.5 Å². The number of piperidine rings is 1. The molecule has 0 spiro atoms. The van der Waals surface area contributed by atoms with E-state index in [0.29, 0.717) is 37.7 Å². The van der Waals surface area contributed by atoms with E-state index in [1.54, 1.807) is 4.90 Å². The Kier molecular flexibility index (Phi) is 4.38. The molecule has 7 heteroatoms. The molecule has 2 saturated heterocycles. The Balaban J connectivity index is 1.41. The lowest BCUT2D eigenvalue weighted by molar-refractivity contribution is -0.117. The number of ether oxygens (including phenoxy) is 2. The number of fused-ring (bicyclic) bond motifs is 1. The highest BCUT2D eigenvalue weighted by Gasteiger charge is 2.33. The summed E-state index contributed by atoms with van der Waals surface area (Å²) in [6.45, 7) is 3.15. The number of hydrogen-bond donors (Lipinski definition) is 1. The Morgan fingerprint density at radius 1 is 1.08 bits per heavy atom. The molecule has 3 aliphatic heterocycles. The summed E-state index contributed by atoms with van der Waals surface area (Å²) in [6, 6.07) is 5.31. The summed E-state index contributed by atoms with van der Waals surface area (Å²) in [7, 11) is 0. The van der Waals surface area contributed by atoms with Crippen LogP contribution in [0.5, 0.6) is 11.5 Å². The number of benzene rings is 1. The van der Waals surface area contributed by atoms with E-state index < -0.39 is 0 Å². The van der Waals surface area contributed by atoms with Gasteiger partial charge in [0.1, 0.15) is 13.2 Å². The van der Waals surface area contributed by atoms with Gasteiger partial charge in [0.05, 0.1) is 6.04 Å². The number of rotatable bonds is 2. The zero-order valence-electron chi connectivity index (χ0n) is 14.2. The molecule has 3 aliphatic rings. The van der Waals surface area contributed by atoms with E-state index in [4.69, 9.17) is 9.47 Å². The van der Waals surface area contributed by atoms with Gasteiger partial charge in [-0.15, -0.1) is 0 Å². The molecule has 0 aromatic heterocycles. The molecule has 0 aliphatic carbocycles. The van der Waals surface area contributed by atoms with E-state index in [2.05, 4.69) is 5.32 Å². The van der Waals surface area contributed by atoms with Crippen LogP contribution in [0.3, 0.4) is 0 Å². The lowest BCUT2D eigenvalue weighted by Gasteiger charge is -2.28. The van der Waals surface area contributed by atoms with Crippen molar-refractivity contribution in [2.75, 3.05) is 37.7 Å². The van der Waals surface area contributed by atoms with Crippen LogP contribution in [-0.2, 0) is 4.79 Å². The summed E-state index contributed by atoms with van der Waals surface area (Å²) in [5, 5.41) is 3.01. The van der Waals surface area contributed by atoms with Gasteiger partial charge in [0.25, 0.3) is 0 Å². The fourth-order valence-corrected chi connectivity index (χ4v) is 3.62. The zero-order valence-corrected chi connectivity index (χ0v) is 14.2. The number of amides is 3. The van der Waals surface area contributed by atoms with Gasteiger partial charge in [-0.25, -0.2) is 4.79 Å². The van der Waals surface area contributed by atoms with Crippen molar-refractivity contribution in [2.45, 2.75) is 31.7 Å². The molecule has 3 amide bonds. The molecule has 1 aromatic carbocycles. The maximum absolute atomic E-state index is 12.4. The van der Waals surface area contributed by atoms with Crippen molar-refractivity contribution >= 4 is 17.6 Å². The topological polar surface area (TPSA) is 71.1 Å². The zero-order chi connectivity index (χ0) is 17.2. The monoisotopic (exact) mass is 345 g/mol. The standard InChI is InChI=1S/C18H23N3O4/c22-17-10-13(19-18(23)20-6-2-1-3-7-20)12-21(17)14-4-5-15-16(11-14)25-9-8-24-15/h4-5,11,13H,1-3,6-10,12H2,(H,19,23)/t13-/m0/s1. The van der Waals surface area contributed by atoms with Crippen LogP contribution in [0.1, 0.15) is 25.7 Å². The fraction of sp³-hybridized carbons (Fsp3) is 0.556. The molecule has 0 unspecified atom stereocenters. The minimum Gasteiger partial charge on any atom is -0.486 e. The third kappa shape index (κ3) is 3.36. The van der Waals surface area contributed by atoms with E-state index in [1.165, 1.54) is 6.42 Å². The highest BCUT2D eigenvalue weighted by molar-refractivity contribution is 5.97. The molecule has 3 heterocycles. The number of anilines is 1. The van der Waals surface area contributed by atoms with E-state index >= 15 is 0 Å². The number of nitrogens with one attached hydrogen (secondary N) is 1. The summed E-state index contributed by atoms with van der Waals surface area (Å²) in [5.74, 6) is 1.38. The fourth-order valence-electron chi connectivity index (χ4n) is 3.62. The highest BCUT2D eigenvalue weighted by Crippen LogP contribution is 2.35. The summed E-state index contributed by atoms with van der Waals surface area (Å²) in [5.41, 5.74) is 0.781. The predicted octanol–water partition coefficient (Wildman–Crippen LogP) is 1.76. The summed E-state index contributed by atoms with van der Waals surface area (Å²) in [6.07, 6.45) is 3.62. The minimum absolute atomic E-state index is 0.0145. The Morgan fingerprint density at radius 2 is 1.84 bits per heavy atom. The first-order valence-electron chi connectivity index (χ1n) is 8.96. The van der Waals surface area contributed by atoms with Crippen LogP contribution < -0.4 is 19.7 Å². The summed E-state index contributed by atoms with van der Waals surface area (Å²) >= 11 is 0. The van der Waals surface area contributed by atoms with Gasteiger partial charge in [-0.1, -0.05) is 0 Å². The number of likely N-dealkylation sites (tertiary alicyclic amines) is 1. The average Bonchev–Trinajstić information content (AvgIpc) is 3.02. The van der Waals surface area contributed by atoms with E-state index in [0.717, 1.165) is 31.6 Å². The summed E-state index contributed by atoms with van der Waals surface area (Å²) in [4.78, 5) is 28.3. The molecular weight excluding hydrogens is 322 g/mol. The highest BCUT2D eigenvalue weighted by atomic mass is 16.6. The van der Waals surface area contributed by atoms with Crippen LogP contribution in [0, 0.1) is 0 Å². The van der Waals surface area contributed by atoms with Crippen molar-refractivity contribution in [3.05, 3.63) is 18.2 Å². The van der Waals surface area contributed by atoms with Crippen LogP contribution in [0.25, 0.3) is 0 Å². The van der Waals surface area contributed by atoms with Gasteiger partial charge in [-0.3, -0.25) is 4.79 Å². The number of nitrogens with zero attached hydrogens (tertiary/aromatic N) is 2. The Labute approximate surface area is 146 Å². The van der Waals surface area contributed by atoms with Crippen molar-refractivity contribution in [1.29, 1.82) is 0 Å². The van der Waals surface area contributed by atoms with Gasteiger partial charge in [-0.2, -0.15) is 0 Å². The molecule has 4 rings (SSSR count). The number of carbonyl (C=O) groups excluding carboxylic acids is 2. The van der Waals surface area contributed by atoms with Crippen molar-refractivity contribution in [2.24, 2.45) is 0 Å². The Hall–Kier alpha value is -2.44. The first-order chi connectivity index (χ1) is 12.2. The van der Waals surface area contributed by atoms with Crippen LogP contribution in [0.15, 0.2) is 18.2 Å². The van der Waals surface area contributed by atoms with E-state index in [1.807, 2.05) is 23.1 Å². The van der Waals surface area contributed by atoms with Crippen LogP contribution in [0.4, 0.5) is 10.5 Å². The Bertz CT molecular complexity index is 672. The van der Waals surface area contributed by atoms with Crippen molar-refractivity contribution in [3.63, 3.8) is 0 Å². The number of urea groups is 1. The maximum atomic E-state index is 12.4. The summed E-state index contributed by atoms with van der Waals surface area (Å²) < 4.78 is 11.1. The van der Waals surface area contributed by atoms with Gasteiger partial charge in [0, 0.05) is 37.8 Å². The van der Waals surface area contributed by atoms with Crippen molar-refractivity contribution < 1.29 is 19.1 Å². The van der Waals surface area contributed by atoms with Crippen LogP contribution in [-0.4, -0.2) is 55.7 Å². The lowest BCUT2D eigenvalue weighted by Crippen LogP contribution is -2.47. The smallest absolute Gasteiger partial charge is 0.317 e. The largest absolute Gasteiger partial charge is 0.486 e. The van der Waals surface area contributed by atoms with E-state index in [-0.39, 0.29) is 18.0 Å². The third-order valence-corrected chi connectivity index (χ3v) is 4.93. The lowest BCUT2D eigenvalue weighted by atomic mass is 10.1. The van der Waals surface area contributed by atoms with Crippen molar-refractivity contribution in [1.82, 2.24) is 10.2 Å². The Morgan fingerprint density at radius 3 is 2.64 bits per heavy atom. The first-order valence-corrected chi connectivity index (χ1v) is 8.96. The molecule has 134 valence electrons. The minimum atomic E-state index is -0.157. The van der Waals surface area contributed by atoms with Crippen molar-refractivity contribution in [3.8, 4) is 11.5 Å². The normalized spacial score (nSPS) is 22.9. The predicted molar refractivity (Wildman–Crippen MR) is 92.1 cm³/mol. The molecule has 1 atom stereocenters. The molecule has 7 nitrogen and oxygen atoms in total. The molecule has 0 saturated carbocycles. The SMILES string of the molecule is O=C(N[C@H]1CC(=O)N(c2ccc3c(c2)OCCO3)C1)N1CCCCC1. The van der Waals surface area contributed by atoms with Crippen LogP contribution in [0.2, 0.25) is 0 Å². The van der Waals surface area contributed by atoms with Gasteiger partial charge in [0.2, 0.25) is 5.91 Å². The van der Waals surface area contributed by atoms with Gasteiger partial charge < -0.3 is 24.6 Å². The number of carbonyl (C=O) groups is 2. The molecular formula is C18H23N3O4. The maximum Gasteiger partial charge on any atom is 0.317 e. The molecule has 0 bridgehead atoms. The van der Waals surface area contributed by atoms with Gasteiger partial charge >= 0.3 is 6.03 Å². The second-order valence-electron chi connectivity index (χ2n) is 6.73. The molecule has 1 N–H and O–H groups in total. The van der Waals surface area contributed by atoms with Crippen LogP contribution >= 0.6 is 0 Å². The molecule has 2 fully saturated rings. The third-order valence-electron chi connectivity index (χ3n) is 4.93.